The van der Waals surface area contributed by atoms with Crippen molar-refractivity contribution in [2.24, 2.45) is 0 Å². The van der Waals surface area contributed by atoms with E-state index in [1.807, 2.05) is 54.6 Å². The zero-order valence-corrected chi connectivity index (χ0v) is 19.9. The molecule has 3 aromatic rings. The number of nitrogens with zero attached hydrogens (tertiary/aromatic N) is 3. The Hall–Kier alpha value is -3.55. The van der Waals surface area contributed by atoms with Gasteiger partial charge in [0.2, 0.25) is 0 Å². The Morgan fingerprint density at radius 3 is 2.09 bits per heavy atom. The number of hydrogen-bond donors (Lipinski definition) is 1. The van der Waals surface area contributed by atoms with Crippen molar-refractivity contribution in [2.45, 2.75) is 24.0 Å². The Labute approximate surface area is 205 Å². The van der Waals surface area contributed by atoms with E-state index in [9.17, 15) is 9.59 Å². The number of likely N-dealkylation sites (tertiary alicyclic amines) is 1. The normalized spacial score (nSPS) is 22.3. The molecule has 1 unspecified atom stereocenters. The third-order valence-electron chi connectivity index (χ3n) is 7.36. The molecule has 0 spiro atoms. The molecule has 3 amide bonds. The summed E-state index contributed by atoms with van der Waals surface area (Å²) in [5.74, 6) is -0.292. The Morgan fingerprint density at radius 2 is 1.49 bits per heavy atom. The highest BCUT2D eigenvalue weighted by Gasteiger charge is 2.54. The van der Waals surface area contributed by atoms with Crippen LogP contribution in [-0.4, -0.2) is 60.0 Å². The van der Waals surface area contributed by atoms with E-state index in [4.69, 9.17) is 4.74 Å². The van der Waals surface area contributed by atoms with Gasteiger partial charge in [-0.15, -0.1) is 0 Å². The predicted octanol–water partition coefficient (Wildman–Crippen LogP) is 3.51. The summed E-state index contributed by atoms with van der Waals surface area (Å²) in [4.78, 5) is 35.0. The number of urea groups is 1. The van der Waals surface area contributed by atoms with Crippen LogP contribution in [-0.2, 0) is 20.7 Å². The minimum absolute atomic E-state index is 0.292. The summed E-state index contributed by atoms with van der Waals surface area (Å²) >= 11 is 0. The number of nitrogens with one attached hydrogen (secondary N) is 1. The molecule has 7 nitrogen and oxygen atoms in total. The van der Waals surface area contributed by atoms with E-state index in [1.165, 1.54) is 10.5 Å². The number of hydrogen-bond acceptors (Lipinski definition) is 5. The average molecular weight is 471 g/mol. The molecule has 1 atom stereocenters. The first-order valence-corrected chi connectivity index (χ1v) is 12.0. The van der Waals surface area contributed by atoms with E-state index in [0.717, 1.165) is 25.9 Å². The molecule has 2 aliphatic rings. The highest BCUT2D eigenvalue weighted by atomic mass is 16.5. The van der Waals surface area contributed by atoms with E-state index < -0.39 is 11.6 Å². The van der Waals surface area contributed by atoms with Crippen LogP contribution < -0.4 is 5.32 Å². The third-order valence-corrected chi connectivity index (χ3v) is 7.36. The molecule has 5 rings (SSSR count). The van der Waals surface area contributed by atoms with Crippen LogP contribution >= 0.6 is 0 Å². The molecule has 2 saturated heterocycles. The quantitative estimate of drug-likeness (QED) is 0.535. The van der Waals surface area contributed by atoms with Gasteiger partial charge in [0.25, 0.3) is 5.91 Å². The van der Waals surface area contributed by atoms with E-state index >= 15 is 0 Å². The van der Waals surface area contributed by atoms with Crippen LogP contribution in [0.5, 0.6) is 0 Å². The first-order chi connectivity index (χ1) is 17.1. The van der Waals surface area contributed by atoms with Crippen LogP contribution in [0.1, 0.15) is 29.7 Å². The van der Waals surface area contributed by atoms with Crippen molar-refractivity contribution in [2.75, 3.05) is 33.3 Å². The van der Waals surface area contributed by atoms with Crippen molar-refractivity contribution < 1.29 is 14.3 Å². The lowest BCUT2D eigenvalue weighted by Gasteiger charge is -2.41. The molecule has 0 bridgehead atoms. The van der Waals surface area contributed by atoms with Crippen molar-refractivity contribution in [1.82, 2.24) is 20.1 Å². The number of amides is 3. The number of ether oxygens (including phenoxy) is 1. The molecule has 0 aliphatic carbocycles. The minimum Gasteiger partial charge on any atom is -0.373 e. The molecule has 1 N–H and O–H groups in total. The van der Waals surface area contributed by atoms with Gasteiger partial charge in [0.1, 0.15) is 0 Å². The highest BCUT2D eigenvalue weighted by Crippen LogP contribution is 2.37. The maximum Gasteiger partial charge on any atom is 0.325 e. The summed E-state index contributed by atoms with van der Waals surface area (Å²) in [6.45, 7) is 2.59. The molecule has 180 valence electrons. The molecule has 2 aromatic carbocycles. The zero-order valence-electron chi connectivity index (χ0n) is 19.9. The fourth-order valence-corrected chi connectivity index (χ4v) is 5.30. The first kappa shape index (κ1) is 23.2. The second-order valence-electron chi connectivity index (χ2n) is 9.12. The van der Waals surface area contributed by atoms with E-state index in [2.05, 4.69) is 27.3 Å². The Morgan fingerprint density at radius 1 is 0.857 bits per heavy atom. The third kappa shape index (κ3) is 4.11. The predicted molar refractivity (Wildman–Crippen MR) is 133 cm³/mol. The molecule has 2 fully saturated rings. The largest absolute Gasteiger partial charge is 0.373 e. The van der Waals surface area contributed by atoms with Crippen LogP contribution in [0.4, 0.5) is 4.79 Å². The number of imide groups is 1. The molecule has 35 heavy (non-hydrogen) atoms. The van der Waals surface area contributed by atoms with Gasteiger partial charge < -0.3 is 15.0 Å². The summed E-state index contributed by atoms with van der Waals surface area (Å²) in [7, 11) is 1.77. The molecular weight excluding hydrogens is 440 g/mol. The number of piperidine rings is 1. The minimum atomic E-state index is -1.32. The Kier molecular flexibility index (Phi) is 6.36. The van der Waals surface area contributed by atoms with Gasteiger partial charge in [0, 0.05) is 39.5 Å². The molecule has 0 radical (unpaired) electrons. The lowest BCUT2D eigenvalue weighted by Crippen LogP contribution is -2.48. The highest BCUT2D eigenvalue weighted by molar-refractivity contribution is 6.09. The Balaban J connectivity index is 1.31. The van der Waals surface area contributed by atoms with Crippen LogP contribution in [0.3, 0.4) is 0 Å². The number of pyridine rings is 1. The van der Waals surface area contributed by atoms with E-state index in [-0.39, 0.29) is 11.5 Å². The molecule has 0 saturated carbocycles. The van der Waals surface area contributed by atoms with Gasteiger partial charge in [-0.05, 0) is 36.1 Å². The topological polar surface area (TPSA) is 74.8 Å². The molecule has 2 aliphatic heterocycles. The van der Waals surface area contributed by atoms with E-state index in [1.54, 1.807) is 25.4 Å². The number of carbonyl (C=O) groups is 2. The summed E-state index contributed by atoms with van der Waals surface area (Å²) in [6, 6.07) is 24.7. The number of benzene rings is 2. The molecule has 7 heteroatoms. The van der Waals surface area contributed by atoms with Crippen LogP contribution in [0.2, 0.25) is 0 Å². The van der Waals surface area contributed by atoms with Crippen molar-refractivity contribution in [1.29, 1.82) is 0 Å². The van der Waals surface area contributed by atoms with Gasteiger partial charge in [0.15, 0.2) is 5.54 Å². The van der Waals surface area contributed by atoms with Gasteiger partial charge in [-0.2, -0.15) is 0 Å². The van der Waals surface area contributed by atoms with Crippen LogP contribution in [0, 0.1) is 0 Å². The standard InChI is InChI=1S/C28H30N4O3/c1-35-27(22-10-4-2-5-11-22)15-18-31(19-16-27)20-21-32-25(33)28(30-26(32)34,23-12-6-3-7-13-23)24-14-8-9-17-29-24/h2-14,17H,15-16,18-21H2,1H3,(H,30,34). The number of aromatic nitrogens is 1. The van der Waals surface area contributed by atoms with Gasteiger partial charge in [0.05, 0.1) is 11.3 Å². The average Bonchev–Trinajstić information content (AvgIpc) is 3.19. The second-order valence-corrected chi connectivity index (χ2v) is 9.12. The monoisotopic (exact) mass is 470 g/mol. The smallest absolute Gasteiger partial charge is 0.325 e. The lowest BCUT2D eigenvalue weighted by molar-refractivity contribution is -0.130. The maximum absolute atomic E-state index is 13.8. The summed E-state index contributed by atoms with van der Waals surface area (Å²) in [5, 5.41) is 2.97. The molecular formula is C28H30N4O3. The zero-order chi connectivity index (χ0) is 24.3. The number of carbonyl (C=O) groups excluding carboxylic acids is 2. The molecule has 1 aromatic heterocycles. The summed E-state index contributed by atoms with van der Waals surface area (Å²) in [6.07, 6.45) is 3.36. The van der Waals surface area contributed by atoms with Crippen LogP contribution in [0.25, 0.3) is 0 Å². The lowest BCUT2D eigenvalue weighted by atomic mass is 9.84. The summed E-state index contributed by atoms with van der Waals surface area (Å²) in [5.41, 5.74) is 0.794. The van der Waals surface area contributed by atoms with Gasteiger partial charge in [-0.1, -0.05) is 66.7 Å². The fraction of sp³-hybridized carbons (Fsp3) is 0.321. The van der Waals surface area contributed by atoms with Gasteiger partial charge >= 0.3 is 6.03 Å². The molecule has 3 heterocycles. The summed E-state index contributed by atoms with van der Waals surface area (Å²) < 4.78 is 5.99. The van der Waals surface area contributed by atoms with E-state index in [0.29, 0.717) is 24.3 Å². The number of methoxy groups -OCH3 is 1. The van der Waals surface area contributed by atoms with Gasteiger partial charge in [-0.3, -0.25) is 14.7 Å². The first-order valence-electron chi connectivity index (χ1n) is 12.0. The fourth-order valence-electron chi connectivity index (χ4n) is 5.30. The van der Waals surface area contributed by atoms with Crippen molar-refractivity contribution >= 4 is 11.9 Å². The van der Waals surface area contributed by atoms with Crippen molar-refractivity contribution in [3.05, 3.63) is 102 Å². The SMILES string of the molecule is COC1(c2ccccc2)CCN(CCN2C(=O)NC(c3ccccc3)(c3ccccn3)C2=O)CC1. The Bertz CT molecular complexity index is 1120. The van der Waals surface area contributed by atoms with Gasteiger partial charge in [-0.25, -0.2) is 4.79 Å². The number of rotatable bonds is 7. The maximum atomic E-state index is 13.8. The van der Waals surface area contributed by atoms with Crippen LogP contribution in [0.15, 0.2) is 85.1 Å². The van der Waals surface area contributed by atoms with Crippen molar-refractivity contribution in [3.8, 4) is 0 Å². The second kappa shape index (κ2) is 9.60. The van der Waals surface area contributed by atoms with Crippen molar-refractivity contribution in [3.63, 3.8) is 0 Å².